The lowest BCUT2D eigenvalue weighted by Gasteiger charge is -2.59. The topological polar surface area (TPSA) is 57.5 Å². The van der Waals surface area contributed by atoms with Gasteiger partial charge < -0.3 is 10.2 Å². The summed E-state index contributed by atoms with van der Waals surface area (Å²) >= 11 is 0. The first-order valence-corrected chi connectivity index (χ1v) is 9.22. The number of hydrogen-bond donors (Lipinski definition) is 2. The minimum absolute atomic E-state index is 0.0368. The van der Waals surface area contributed by atoms with Crippen LogP contribution >= 0.6 is 0 Å². The Morgan fingerprint density at radius 1 is 1.05 bits per heavy atom. The van der Waals surface area contributed by atoms with Crippen molar-refractivity contribution < 1.29 is 15.0 Å². The fourth-order valence-electron chi connectivity index (χ4n) is 7.10. The second-order valence-electron chi connectivity index (χ2n) is 9.35. The fraction of sp³-hybridized carbons (Fsp3) is 0.947. The van der Waals surface area contributed by atoms with Gasteiger partial charge in [-0.05, 0) is 73.5 Å². The van der Waals surface area contributed by atoms with Gasteiger partial charge in [0.15, 0.2) is 0 Å². The van der Waals surface area contributed by atoms with Crippen molar-refractivity contribution in [2.24, 2.45) is 34.5 Å². The SMILES string of the molecule is CC12CC(=O)C3C(CC[C@H]4CC(O)CCC34C)C1CC(O)C2. The zero-order valence-electron chi connectivity index (χ0n) is 13.9. The average molecular weight is 306 g/mol. The predicted octanol–water partition coefficient (Wildman–Crippen LogP) is 2.93. The van der Waals surface area contributed by atoms with Gasteiger partial charge in [0, 0.05) is 12.3 Å². The van der Waals surface area contributed by atoms with Crippen LogP contribution in [0.2, 0.25) is 0 Å². The predicted molar refractivity (Wildman–Crippen MR) is 84.1 cm³/mol. The molecule has 0 aliphatic heterocycles. The second kappa shape index (κ2) is 4.80. The van der Waals surface area contributed by atoms with Gasteiger partial charge in [-0.15, -0.1) is 0 Å². The van der Waals surface area contributed by atoms with Crippen LogP contribution in [0, 0.1) is 34.5 Å². The third kappa shape index (κ3) is 1.97. The van der Waals surface area contributed by atoms with Crippen LogP contribution < -0.4 is 0 Å². The molecule has 4 saturated carbocycles. The summed E-state index contributed by atoms with van der Waals surface area (Å²) in [5.41, 5.74) is 0.128. The monoisotopic (exact) mass is 306 g/mol. The standard InChI is InChI=1S/C19H30O3/c1-18-9-13(21)8-15(18)14-4-3-11-7-12(20)5-6-19(11,2)17(14)16(22)10-18/h11-15,17,20-21H,3-10H2,1-2H3/t11-,12?,13?,14?,15?,17?,18?,19?/m0/s1. The minimum Gasteiger partial charge on any atom is -0.393 e. The summed E-state index contributed by atoms with van der Waals surface area (Å²) in [5, 5.41) is 20.2. The van der Waals surface area contributed by atoms with E-state index < -0.39 is 0 Å². The van der Waals surface area contributed by atoms with E-state index in [1.807, 2.05) is 0 Å². The molecule has 3 heteroatoms. The van der Waals surface area contributed by atoms with Crippen LogP contribution in [-0.4, -0.2) is 28.2 Å². The van der Waals surface area contributed by atoms with E-state index in [0.29, 0.717) is 30.0 Å². The number of ketones is 1. The summed E-state index contributed by atoms with van der Waals surface area (Å²) in [6.07, 6.45) is 7.03. The molecule has 0 radical (unpaired) electrons. The van der Waals surface area contributed by atoms with Crippen molar-refractivity contribution in [2.75, 3.05) is 0 Å². The van der Waals surface area contributed by atoms with Crippen molar-refractivity contribution in [3.63, 3.8) is 0 Å². The van der Waals surface area contributed by atoms with Crippen LogP contribution in [-0.2, 0) is 4.79 Å². The summed E-state index contributed by atoms with van der Waals surface area (Å²) in [6.45, 7) is 4.56. The molecule has 4 rings (SSSR count). The minimum atomic E-state index is -0.208. The first-order valence-electron chi connectivity index (χ1n) is 9.22. The molecule has 4 aliphatic rings. The molecule has 0 saturated heterocycles. The molecular weight excluding hydrogens is 276 g/mol. The molecule has 0 aromatic rings. The van der Waals surface area contributed by atoms with Gasteiger partial charge in [0.05, 0.1) is 12.2 Å². The Bertz CT molecular complexity index is 489. The van der Waals surface area contributed by atoms with Crippen molar-refractivity contribution >= 4 is 5.78 Å². The van der Waals surface area contributed by atoms with Crippen LogP contribution in [0.25, 0.3) is 0 Å². The van der Waals surface area contributed by atoms with Gasteiger partial charge in [0.2, 0.25) is 0 Å². The molecule has 0 heterocycles. The highest BCUT2D eigenvalue weighted by Gasteiger charge is 2.62. The molecule has 2 N–H and O–H groups in total. The fourth-order valence-corrected chi connectivity index (χ4v) is 7.10. The van der Waals surface area contributed by atoms with Crippen molar-refractivity contribution in [2.45, 2.75) is 77.4 Å². The molecule has 0 amide bonds. The Labute approximate surface area is 133 Å². The first kappa shape index (κ1) is 15.1. The van der Waals surface area contributed by atoms with E-state index in [9.17, 15) is 15.0 Å². The lowest BCUT2D eigenvalue weighted by Crippen LogP contribution is -2.56. The summed E-state index contributed by atoms with van der Waals surface area (Å²) in [6, 6.07) is 0. The zero-order valence-corrected chi connectivity index (χ0v) is 13.9. The highest BCUT2D eigenvalue weighted by molar-refractivity contribution is 5.84. The molecule has 124 valence electrons. The molecule has 4 fully saturated rings. The first-order chi connectivity index (χ1) is 10.3. The molecule has 0 bridgehead atoms. The maximum Gasteiger partial charge on any atom is 0.137 e. The van der Waals surface area contributed by atoms with Gasteiger partial charge in [-0.25, -0.2) is 0 Å². The van der Waals surface area contributed by atoms with E-state index in [4.69, 9.17) is 0 Å². The van der Waals surface area contributed by atoms with E-state index in [1.165, 1.54) is 0 Å². The number of carbonyl (C=O) groups is 1. The van der Waals surface area contributed by atoms with E-state index in [0.717, 1.165) is 44.9 Å². The van der Waals surface area contributed by atoms with Gasteiger partial charge in [-0.2, -0.15) is 0 Å². The second-order valence-corrected chi connectivity index (χ2v) is 9.35. The molecule has 4 aliphatic carbocycles. The van der Waals surface area contributed by atoms with E-state index >= 15 is 0 Å². The van der Waals surface area contributed by atoms with Crippen molar-refractivity contribution in [3.05, 3.63) is 0 Å². The summed E-state index contributed by atoms with van der Waals surface area (Å²) in [5.74, 6) is 2.15. The summed E-state index contributed by atoms with van der Waals surface area (Å²) in [4.78, 5) is 13.1. The number of hydrogen-bond acceptors (Lipinski definition) is 3. The van der Waals surface area contributed by atoms with Crippen LogP contribution in [0.15, 0.2) is 0 Å². The Morgan fingerprint density at radius 2 is 1.82 bits per heavy atom. The van der Waals surface area contributed by atoms with Crippen LogP contribution in [0.4, 0.5) is 0 Å². The molecule has 3 nitrogen and oxygen atoms in total. The van der Waals surface area contributed by atoms with Crippen LogP contribution in [0.5, 0.6) is 0 Å². The number of Topliss-reactive ketones (excluding diaryl/α,β-unsaturated/α-hetero) is 1. The number of rotatable bonds is 0. The highest BCUT2D eigenvalue weighted by atomic mass is 16.3. The third-order valence-corrected chi connectivity index (χ3v) is 8.06. The molecular formula is C19H30O3. The largest absolute Gasteiger partial charge is 0.393 e. The van der Waals surface area contributed by atoms with Crippen molar-refractivity contribution in [1.82, 2.24) is 0 Å². The average Bonchev–Trinajstić information content (AvgIpc) is 2.73. The Hall–Kier alpha value is -0.410. The normalized spacial score (nSPS) is 57.9. The van der Waals surface area contributed by atoms with E-state index in [-0.39, 0.29) is 29.0 Å². The van der Waals surface area contributed by atoms with Crippen molar-refractivity contribution in [3.8, 4) is 0 Å². The van der Waals surface area contributed by atoms with Crippen LogP contribution in [0.3, 0.4) is 0 Å². The summed E-state index contributed by atoms with van der Waals surface area (Å²) in [7, 11) is 0. The maximum absolute atomic E-state index is 13.1. The third-order valence-electron chi connectivity index (χ3n) is 8.06. The Kier molecular flexibility index (Phi) is 3.30. The van der Waals surface area contributed by atoms with E-state index in [1.54, 1.807) is 0 Å². The maximum atomic E-state index is 13.1. The lowest BCUT2D eigenvalue weighted by atomic mass is 9.45. The molecule has 0 aromatic heterocycles. The molecule has 7 unspecified atom stereocenters. The number of aliphatic hydroxyl groups is 2. The van der Waals surface area contributed by atoms with Crippen molar-refractivity contribution in [1.29, 1.82) is 0 Å². The van der Waals surface area contributed by atoms with Gasteiger partial charge in [-0.3, -0.25) is 4.79 Å². The quantitative estimate of drug-likeness (QED) is 0.723. The molecule has 0 spiro atoms. The zero-order chi connectivity index (χ0) is 15.7. The Balaban J connectivity index is 1.68. The number of fused-ring (bicyclic) bond motifs is 5. The van der Waals surface area contributed by atoms with E-state index in [2.05, 4.69) is 13.8 Å². The summed E-state index contributed by atoms with van der Waals surface area (Å²) < 4.78 is 0. The number of carbonyl (C=O) groups excluding carboxylic acids is 1. The molecule has 22 heavy (non-hydrogen) atoms. The highest BCUT2D eigenvalue weighted by Crippen LogP contribution is 2.65. The van der Waals surface area contributed by atoms with Gasteiger partial charge >= 0.3 is 0 Å². The van der Waals surface area contributed by atoms with Gasteiger partial charge in [-0.1, -0.05) is 13.8 Å². The number of aliphatic hydroxyl groups excluding tert-OH is 2. The van der Waals surface area contributed by atoms with Gasteiger partial charge in [0.1, 0.15) is 5.78 Å². The van der Waals surface area contributed by atoms with Gasteiger partial charge in [0.25, 0.3) is 0 Å². The molecule has 8 atom stereocenters. The Morgan fingerprint density at radius 3 is 2.59 bits per heavy atom. The lowest BCUT2D eigenvalue weighted by molar-refractivity contribution is -0.159. The smallest absolute Gasteiger partial charge is 0.137 e. The molecule has 0 aromatic carbocycles. The van der Waals surface area contributed by atoms with Crippen LogP contribution in [0.1, 0.15) is 65.2 Å².